The first-order valence-electron chi connectivity index (χ1n) is 7.75. The number of nitriles is 1. The molecule has 0 fully saturated rings. The fraction of sp³-hybridized carbons (Fsp3) is 0.158. The van der Waals surface area contributed by atoms with Gasteiger partial charge in [-0.15, -0.1) is 23.1 Å². The average Bonchev–Trinajstić information content (AvgIpc) is 3.20. The van der Waals surface area contributed by atoms with E-state index >= 15 is 0 Å². The minimum Gasteiger partial charge on any atom is -0.457 e. The molecule has 0 N–H and O–H groups in total. The van der Waals surface area contributed by atoms with Crippen molar-refractivity contribution in [2.75, 3.05) is 6.26 Å². The van der Waals surface area contributed by atoms with Gasteiger partial charge in [0.25, 0.3) is 0 Å². The van der Waals surface area contributed by atoms with Crippen molar-refractivity contribution in [3.8, 4) is 16.8 Å². The van der Waals surface area contributed by atoms with Crippen molar-refractivity contribution in [3.05, 3.63) is 64.2 Å². The van der Waals surface area contributed by atoms with Gasteiger partial charge >= 0.3 is 5.97 Å². The number of hydrogen-bond acceptors (Lipinski definition) is 7. The van der Waals surface area contributed by atoms with Gasteiger partial charge in [-0.2, -0.15) is 5.26 Å². The smallest absolute Gasteiger partial charge is 0.343 e. The molecule has 0 bridgehead atoms. The van der Waals surface area contributed by atoms with Crippen LogP contribution in [0.1, 0.15) is 27.2 Å². The van der Waals surface area contributed by atoms with E-state index < -0.39 is 5.97 Å². The number of aryl methyl sites for hydroxylation is 1. The van der Waals surface area contributed by atoms with Gasteiger partial charge in [0, 0.05) is 0 Å². The highest BCUT2D eigenvalue weighted by Crippen LogP contribution is 2.27. The number of hydrogen-bond donors (Lipinski definition) is 0. The van der Waals surface area contributed by atoms with E-state index in [4.69, 9.17) is 10.00 Å². The highest BCUT2D eigenvalue weighted by molar-refractivity contribution is 7.98. The summed E-state index contributed by atoms with van der Waals surface area (Å²) in [7, 11) is 0. The monoisotopic (exact) mass is 381 g/mol. The number of carbonyl (C=O) groups excluding carboxylic acids is 1. The summed E-state index contributed by atoms with van der Waals surface area (Å²) < 4.78 is 5.43. The maximum atomic E-state index is 12.6. The number of nitrogens with zero attached hydrogens (tertiary/aromatic N) is 3. The Kier molecular flexibility index (Phi) is 5.66. The lowest BCUT2D eigenvalue weighted by atomic mass is 10.1. The van der Waals surface area contributed by atoms with Crippen LogP contribution in [0.15, 0.2) is 46.8 Å². The van der Waals surface area contributed by atoms with Gasteiger partial charge in [0.05, 0.1) is 22.2 Å². The van der Waals surface area contributed by atoms with E-state index in [0.29, 0.717) is 27.7 Å². The molecule has 0 radical (unpaired) electrons. The van der Waals surface area contributed by atoms with Crippen molar-refractivity contribution in [2.24, 2.45) is 0 Å². The lowest BCUT2D eigenvalue weighted by Crippen LogP contribution is -2.12. The van der Waals surface area contributed by atoms with E-state index in [2.05, 4.69) is 16.0 Å². The lowest BCUT2D eigenvalue weighted by Gasteiger charge is -2.11. The summed E-state index contributed by atoms with van der Waals surface area (Å²) >= 11 is 2.94. The number of thiophene rings is 1. The van der Waals surface area contributed by atoms with Crippen molar-refractivity contribution in [3.63, 3.8) is 0 Å². The first-order valence-corrected chi connectivity index (χ1v) is 9.85. The van der Waals surface area contributed by atoms with Crippen LogP contribution in [0.25, 0.3) is 10.7 Å². The lowest BCUT2D eigenvalue weighted by molar-refractivity contribution is 0.0466. The molecule has 0 atom stereocenters. The summed E-state index contributed by atoms with van der Waals surface area (Å²) in [5.74, 6) is 0.145. The maximum Gasteiger partial charge on any atom is 0.343 e. The van der Waals surface area contributed by atoms with Crippen molar-refractivity contribution in [2.45, 2.75) is 18.6 Å². The third-order valence-corrected chi connectivity index (χ3v) is 5.17. The number of rotatable bonds is 5. The quantitative estimate of drug-likeness (QED) is 0.369. The summed E-state index contributed by atoms with van der Waals surface area (Å²) in [4.78, 5) is 22.5. The molecule has 5 nitrogen and oxygen atoms in total. The molecule has 26 heavy (non-hydrogen) atoms. The van der Waals surface area contributed by atoms with Crippen LogP contribution >= 0.6 is 23.1 Å². The number of carbonyl (C=O) groups is 1. The standard InChI is InChI=1S/C19H15N3O2S2/c1-12-16(18(25-2)22-17(21-12)15-7-4-8-26-15)19(23)24-11-14-6-3-5-13(9-14)10-20/h3-9H,11H2,1-2H3. The van der Waals surface area contributed by atoms with Crippen molar-refractivity contribution in [1.82, 2.24) is 9.97 Å². The Morgan fingerprint density at radius 3 is 2.85 bits per heavy atom. The molecule has 0 spiro atoms. The Hall–Kier alpha value is -2.69. The van der Waals surface area contributed by atoms with Crippen LogP contribution in [0.5, 0.6) is 0 Å². The Morgan fingerprint density at radius 1 is 1.31 bits per heavy atom. The second kappa shape index (κ2) is 8.13. The van der Waals surface area contributed by atoms with Gasteiger partial charge in [-0.1, -0.05) is 18.2 Å². The van der Waals surface area contributed by atoms with Crippen LogP contribution in [-0.2, 0) is 11.3 Å². The molecule has 0 saturated heterocycles. The van der Waals surface area contributed by atoms with E-state index in [1.165, 1.54) is 11.8 Å². The zero-order chi connectivity index (χ0) is 18.5. The maximum absolute atomic E-state index is 12.6. The average molecular weight is 381 g/mol. The van der Waals surface area contributed by atoms with E-state index in [9.17, 15) is 4.79 Å². The predicted molar refractivity (Wildman–Crippen MR) is 102 cm³/mol. The Balaban J connectivity index is 1.83. The molecule has 0 aliphatic rings. The number of ether oxygens (including phenoxy) is 1. The summed E-state index contributed by atoms with van der Waals surface area (Å²) in [5, 5.41) is 11.5. The van der Waals surface area contributed by atoms with Gasteiger partial charge in [-0.25, -0.2) is 14.8 Å². The Morgan fingerprint density at radius 2 is 2.15 bits per heavy atom. The van der Waals surface area contributed by atoms with Crippen LogP contribution in [0.4, 0.5) is 0 Å². The third kappa shape index (κ3) is 3.93. The molecule has 0 unspecified atom stereocenters. The van der Waals surface area contributed by atoms with Crippen LogP contribution in [0, 0.1) is 18.3 Å². The summed E-state index contributed by atoms with van der Waals surface area (Å²) in [6.07, 6.45) is 1.87. The van der Waals surface area contributed by atoms with Gasteiger partial charge in [0.15, 0.2) is 5.82 Å². The van der Waals surface area contributed by atoms with Gasteiger partial charge in [-0.05, 0) is 42.3 Å². The Labute approximate surface area is 159 Å². The molecule has 1 aromatic carbocycles. The van der Waals surface area contributed by atoms with Gasteiger partial charge in [0.1, 0.15) is 17.2 Å². The highest BCUT2D eigenvalue weighted by Gasteiger charge is 2.20. The number of thioether (sulfide) groups is 1. The highest BCUT2D eigenvalue weighted by atomic mass is 32.2. The number of esters is 1. The molecule has 0 aliphatic heterocycles. The molecule has 2 aromatic heterocycles. The zero-order valence-electron chi connectivity index (χ0n) is 14.2. The molecular formula is C19H15N3O2S2. The molecule has 130 valence electrons. The zero-order valence-corrected chi connectivity index (χ0v) is 15.9. The summed E-state index contributed by atoms with van der Waals surface area (Å²) in [5.41, 5.74) is 2.26. The minimum absolute atomic E-state index is 0.0916. The molecule has 3 rings (SSSR count). The molecule has 0 saturated carbocycles. The topological polar surface area (TPSA) is 75.9 Å². The third-order valence-electron chi connectivity index (χ3n) is 3.62. The first-order chi connectivity index (χ1) is 12.6. The van der Waals surface area contributed by atoms with Crippen LogP contribution < -0.4 is 0 Å². The minimum atomic E-state index is -0.466. The predicted octanol–water partition coefficient (Wildman–Crippen LogP) is 4.46. The van der Waals surface area contributed by atoms with Crippen molar-refractivity contribution in [1.29, 1.82) is 5.26 Å². The second-order valence-electron chi connectivity index (χ2n) is 5.38. The number of aromatic nitrogens is 2. The van der Waals surface area contributed by atoms with Crippen LogP contribution in [-0.4, -0.2) is 22.2 Å². The fourth-order valence-electron chi connectivity index (χ4n) is 2.40. The van der Waals surface area contributed by atoms with E-state index in [1.807, 2.05) is 29.8 Å². The molecule has 0 amide bonds. The first kappa shape index (κ1) is 18.1. The fourth-order valence-corrected chi connectivity index (χ4v) is 3.67. The van der Waals surface area contributed by atoms with Crippen LogP contribution in [0.3, 0.4) is 0 Å². The summed E-state index contributed by atoms with van der Waals surface area (Å²) in [6.45, 7) is 1.87. The van der Waals surface area contributed by atoms with E-state index in [0.717, 1.165) is 10.4 Å². The number of benzene rings is 1. The van der Waals surface area contributed by atoms with Crippen molar-refractivity contribution >= 4 is 29.1 Å². The summed E-state index contributed by atoms with van der Waals surface area (Å²) in [6, 6.07) is 12.9. The van der Waals surface area contributed by atoms with Crippen molar-refractivity contribution < 1.29 is 9.53 Å². The second-order valence-corrected chi connectivity index (χ2v) is 7.13. The largest absolute Gasteiger partial charge is 0.457 e. The van der Waals surface area contributed by atoms with E-state index in [1.54, 1.807) is 36.5 Å². The normalized spacial score (nSPS) is 10.3. The SMILES string of the molecule is CSc1nc(-c2cccs2)nc(C)c1C(=O)OCc1cccc(C#N)c1. The van der Waals surface area contributed by atoms with Gasteiger partial charge < -0.3 is 4.74 Å². The molecule has 2 heterocycles. The van der Waals surface area contributed by atoms with Gasteiger partial charge in [0.2, 0.25) is 0 Å². The van der Waals surface area contributed by atoms with E-state index in [-0.39, 0.29) is 6.61 Å². The molecule has 7 heteroatoms. The molecule has 3 aromatic rings. The molecular weight excluding hydrogens is 366 g/mol. The van der Waals surface area contributed by atoms with Crippen LogP contribution in [0.2, 0.25) is 0 Å². The molecule has 0 aliphatic carbocycles. The van der Waals surface area contributed by atoms with Gasteiger partial charge in [-0.3, -0.25) is 0 Å². The Bertz CT molecular complexity index is 979.